The van der Waals surface area contributed by atoms with Crippen LogP contribution in [-0.4, -0.2) is 38.6 Å². The van der Waals surface area contributed by atoms with Crippen LogP contribution >= 0.6 is 0 Å². The molecule has 0 aliphatic rings. The van der Waals surface area contributed by atoms with Crippen molar-refractivity contribution in [2.75, 3.05) is 36.0 Å². The van der Waals surface area contributed by atoms with Crippen molar-refractivity contribution in [2.45, 2.75) is 27.7 Å². The van der Waals surface area contributed by atoms with Crippen LogP contribution in [0.1, 0.15) is 38.8 Å². The van der Waals surface area contributed by atoms with E-state index in [1.54, 1.807) is 12.4 Å². The fraction of sp³-hybridized carbons (Fsp3) is 0.308. The highest BCUT2D eigenvalue weighted by molar-refractivity contribution is 5.83. The summed E-state index contributed by atoms with van der Waals surface area (Å²) in [5.74, 6) is 0. The van der Waals surface area contributed by atoms with E-state index in [9.17, 15) is 10.5 Å². The van der Waals surface area contributed by atoms with Gasteiger partial charge in [0, 0.05) is 50.0 Å². The maximum absolute atomic E-state index is 9.48. The summed E-state index contributed by atoms with van der Waals surface area (Å²) in [5, 5.41) is 19.0. The first-order valence-corrected chi connectivity index (χ1v) is 10.9. The van der Waals surface area contributed by atoms with Crippen LogP contribution in [0.4, 0.5) is 11.4 Å². The Bertz CT molecular complexity index is 940. The first-order chi connectivity index (χ1) is 15.6. The van der Waals surface area contributed by atoms with Crippen LogP contribution in [0, 0.1) is 22.7 Å². The summed E-state index contributed by atoms with van der Waals surface area (Å²) in [6.45, 7) is 12.2. The lowest BCUT2D eigenvalue weighted by Gasteiger charge is -2.20. The highest BCUT2D eigenvalue weighted by Crippen LogP contribution is 2.16. The Kier molecular flexibility index (Phi) is 9.69. The predicted octanol–water partition coefficient (Wildman–Crippen LogP) is 5.18. The molecule has 0 heterocycles. The van der Waals surface area contributed by atoms with Gasteiger partial charge >= 0.3 is 0 Å². The molecule has 2 rings (SSSR count). The summed E-state index contributed by atoms with van der Waals surface area (Å²) in [5.41, 5.74) is 3.94. The highest BCUT2D eigenvalue weighted by Gasteiger charge is 2.05. The number of anilines is 2. The van der Waals surface area contributed by atoms with Crippen molar-refractivity contribution in [2.24, 2.45) is 9.98 Å². The van der Waals surface area contributed by atoms with E-state index in [0.717, 1.165) is 48.7 Å². The first-order valence-electron chi connectivity index (χ1n) is 10.9. The van der Waals surface area contributed by atoms with Crippen molar-refractivity contribution in [3.8, 4) is 12.1 Å². The SMILES string of the molecule is CCN(CC)c1ccc(C=N/C(C#N)=C(\C#N)N=Cc2ccc(N(CC)CC)cc2)cc1. The largest absolute Gasteiger partial charge is 0.372 e. The summed E-state index contributed by atoms with van der Waals surface area (Å²) in [7, 11) is 0. The number of hydrogen-bond acceptors (Lipinski definition) is 6. The Labute approximate surface area is 191 Å². The Morgan fingerprint density at radius 2 is 0.969 bits per heavy atom. The molecule has 0 spiro atoms. The van der Waals surface area contributed by atoms with Gasteiger partial charge in [0.25, 0.3) is 0 Å². The summed E-state index contributed by atoms with van der Waals surface area (Å²) in [4.78, 5) is 12.9. The zero-order valence-corrected chi connectivity index (χ0v) is 19.3. The van der Waals surface area contributed by atoms with Crippen molar-refractivity contribution in [3.05, 3.63) is 71.1 Å². The minimum atomic E-state index is -0.0173. The van der Waals surface area contributed by atoms with E-state index >= 15 is 0 Å². The van der Waals surface area contributed by atoms with E-state index in [1.807, 2.05) is 60.7 Å². The average molecular weight is 427 g/mol. The fourth-order valence-electron chi connectivity index (χ4n) is 3.28. The molecule has 0 N–H and O–H groups in total. The third-order valence-electron chi connectivity index (χ3n) is 5.16. The van der Waals surface area contributed by atoms with Gasteiger partial charge in [-0.1, -0.05) is 24.3 Å². The van der Waals surface area contributed by atoms with Gasteiger partial charge in [0.15, 0.2) is 11.4 Å². The summed E-state index contributed by atoms with van der Waals surface area (Å²) in [6, 6.07) is 19.8. The number of benzene rings is 2. The van der Waals surface area contributed by atoms with E-state index < -0.39 is 0 Å². The van der Waals surface area contributed by atoms with E-state index in [1.165, 1.54) is 0 Å². The van der Waals surface area contributed by atoms with Gasteiger partial charge in [-0.05, 0) is 63.1 Å². The molecule has 0 saturated heterocycles. The van der Waals surface area contributed by atoms with Crippen LogP contribution < -0.4 is 9.80 Å². The van der Waals surface area contributed by atoms with Crippen LogP contribution in [-0.2, 0) is 0 Å². The molecule has 6 heteroatoms. The molecule has 0 aromatic heterocycles. The van der Waals surface area contributed by atoms with Crippen LogP contribution in [0.5, 0.6) is 0 Å². The maximum atomic E-state index is 9.48. The topological polar surface area (TPSA) is 78.8 Å². The van der Waals surface area contributed by atoms with Crippen molar-refractivity contribution >= 4 is 23.8 Å². The van der Waals surface area contributed by atoms with Gasteiger partial charge in [0.05, 0.1) is 0 Å². The van der Waals surface area contributed by atoms with Crippen molar-refractivity contribution in [1.82, 2.24) is 0 Å². The average Bonchev–Trinajstić information content (AvgIpc) is 2.84. The van der Waals surface area contributed by atoms with Gasteiger partial charge in [0.1, 0.15) is 12.1 Å². The molecule has 0 radical (unpaired) electrons. The van der Waals surface area contributed by atoms with Crippen molar-refractivity contribution in [3.63, 3.8) is 0 Å². The van der Waals surface area contributed by atoms with Gasteiger partial charge in [-0.3, -0.25) is 0 Å². The zero-order chi connectivity index (χ0) is 23.3. The Morgan fingerprint density at radius 3 is 1.22 bits per heavy atom. The molecule has 0 fully saturated rings. The predicted molar refractivity (Wildman–Crippen MR) is 133 cm³/mol. The van der Waals surface area contributed by atoms with E-state index in [-0.39, 0.29) is 11.4 Å². The van der Waals surface area contributed by atoms with Gasteiger partial charge in [-0.15, -0.1) is 0 Å². The second-order valence-corrected chi connectivity index (χ2v) is 6.96. The molecule has 32 heavy (non-hydrogen) atoms. The normalized spacial score (nSPS) is 11.8. The number of nitriles is 2. The van der Waals surface area contributed by atoms with E-state index in [0.29, 0.717) is 0 Å². The minimum absolute atomic E-state index is 0.0173. The summed E-state index contributed by atoms with van der Waals surface area (Å²) in [6.07, 6.45) is 3.16. The third kappa shape index (κ3) is 6.55. The second-order valence-electron chi connectivity index (χ2n) is 6.96. The van der Waals surface area contributed by atoms with Crippen LogP contribution in [0.15, 0.2) is 69.9 Å². The minimum Gasteiger partial charge on any atom is -0.372 e. The quantitative estimate of drug-likeness (QED) is 0.387. The van der Waals surface area contributed by atoms with Gasteiger partial charge < -0.3 is 9.80 Å². The highest BCUT2D eigenvalue weighted by atomic mass is 15.1. The number of nitrogens with zero attached hydrogens (tertiary/aromatic N) is 6. The Balaban J connectivity index is 2.19. The van der Waals surface area contributed by atoms with E-state index in [4.69, 9.17) is 0 Å². The molecule has 2 aromatic carbocycles. The Morgan fingerprint density at radius 1 is 0.656 bits per heavy atom. The molecule has 0 atom stereocenters. The molecule has 0 aliphatic heterocycles. The maximum Gasteiger partial charge on any atom is 0.176 e. The lowest BCUT2D eigenvalue weighted by atomic mass is 10.2. The standard InChI is InChI=1S/C26H30N6/c1-5-31(6-2)23-13-9-21(10-14-23)19-29-25(17-27)26(18-28)30-20-22-11-15-24(16-12-22)32(7-3)8-4/h9-16,19-20H,5-8H2,1-4H3/b26-25+,29-19?,30-20?. The fourth-order valence-corrected chi connectivity index (χ4v) is 3.28. The van der Waals surface area contributed by atoms with Crippen LogP contribution in [0.2, 0.25) is 0 Å². The molecule has 164 valence electrons. The number of rotatable bonds is 10. The lowest BCUT2D eigenvalue weighted by molar-refractivity contribution is 0.866. The third-order valence-corrected chi connectivity index (χ3v) is 5.16. The molecule has 2 aromatic rings. The van der Waals surface area contributed by atoms with Crippen molar-refractivity contribution < 1.29 is 0 Å². The Hall–Kier alpha value is -3.90. The number of allylic oxidation sites excluding steroid dienone is 2. The van der Waals surface area contributed by atoms with E-state index in [2.05, 4.69) is 47.5 Å². The monoisotopic (exact) mass is 426 g/mol. The molecule has 0 bridgehead atoms. The molecule has 0 amide bonds. The van der Waals surface area contributed by atoms with Crippen LogP contribution in [0.3, 0.4) is 0 Å². The lowest BCUT2D eigenvalue weighted by Crippen LogP contribution is -2.21. The molecular weight excluding hydrogens is 396 g/mol. The zero-order valence-electron chi connectivity index (χ0n) is 19.3. The second kappa shape index (κ2) is 12.7. The molecule has 6 nitrogen and oxygen atoms in total. The summed E-state index contributed by atoms with van der Waals surface area (Å²) < 4.78 is 0. The molecular formula is C26H30N6. The molecule has 0 aliphatic carbocycles. The first kappa shape index (κ1) is 24.4. The van der Waals surface area contributed by atoms with Gasteiger partial charge in [-0.2, -0.15) is 10.5 Å². The summed E-state index contributed by atoms with van der Waals surface area (Å²) >= 11 is 0. The van der Waals surface area contributed by atoms with Crippen molar-refractivity contribution in [1.29, 1.82) is 10.5 Å². The molecule has 0 saturated carbocycles. The van der Waals surface area contributed by atoms with Crippen LogP contribution in [0.25, 0.3) is 0 Å². The van der Waals surface area contributed by atoms with Gasteiger partial charge in [0.2, 0.25) is 0 Å². The smallest absolute Gasteiger partial charge is 0.176 e. The van der Waals surface area contributed by atoms with Gasteiger partial charge in [-0.25, -0.2) is 9.98 Å². The number of aliphatic imine (C=N–C) groups is 2. The molecule has 0 unspecified atom stereocenters. The number of hydrogen-bond donors (Lipinski definition) is 0.